The second-order valence-corrected chi connectivity index (χ2v) is 6.37. The van der Waals surface area contributed by atoms with Crippen LogP contribution in [0, 0.1) is 0 Å². The third-order valence-corrected chi connectivity index (χ3v) is 3.16. The van der Waals surface area contributed by atoms with E-state index in [1.807, 2.05) is 20.8 Å². The third-order valence-electron chi connectivity index (χ3n) is 2.28. The lowest BCUT2D eigenvalue weighted by Gasteiger charge is -2.23. The van der Waals surface area contributed by atoms with Gasteiger partial charge in [0.25, 0.3) is 5.91 Å². The van der Waals surface area contributed by atoms with Crippen molar-refractivity contribution in [3.05, 3.63) is 16.3 Å². The zero-order chi connectivity index (χ0) is 16.2. The summed E-state index contributed by atoms with van der Waals surface area (Å²) in [5.74, 6) is -1.04. The van der Waals surface area contributed by atoms with Crippen LogP contribution in [0.25, 0.3) is 0 Å². The molecular weight excluding hydrogens is 302 g/mol. The largest absolute Gasteiger partial charge is 0.433 e. The minimum Gasteiger partial charge on any atom is -0.433 e. The van der Waals surface area contributed by atoms with E-state index in [2.05, 4.69) is 10.1 Å². The Bertz CT molecular complexity index is 512. The standard InChI is InChI=1S/C13H18F2N2O3S/c1-13(2,3)16-9(18)7-17(4)11(19)10-8(5-6-21-10)20-12(14)15/h5-6,12H,7H2,1-4H3,(H,16,18). The molecule has 2 amide bonds. The molecule has 8 heteroatoms. The smallest absolute Gasteiger partial charge is 0.387 e. The zero-order valence-electron chi connectivity index (χ0n) is 12.3. The number of halogens is 2. The lowest BCUT2D eigenvalue weighted by Crippen LogP contribution is -2.46. The number of hydrogen-bond acceptors (Lipinski definition) is 4. The van der Waals surface area contributed by atoms with Crippen molar-refractivity contribution in [1.82, 2.24) is 10.2 Å². The van der Waals surface area contributed by atoms with Crippen LogP contribution >= 0.6 is 11.3 Å². The van der Waals surface area contributed by atoms with Crippen LogP contribution in [-0.4, -0.2) is 42.5 Å². The maximum atomic E-state index is 12.2. The number of carbonyl (C=O) groups is 2. The van der Waals surface area contributed by atoms with Gasteiger partial charge >= 0.3 is 6.61 Å². The van der Waals surface area contributed by atoms with E-state index < -0.39 is 18.1 Å². The van der Waals surface area contributed by atoms with Crippen LogP contribution in [0.4, 0.5) is 8.78 Å². The Morgan fingerprint density at radius 3 is 2.57 bits per heavy atom. The molecule has 1 rings (SSSR count). The second kappa shape index (κ2) is 6.84. The first-order valence-electron chi connectivity index (χ1n) is 6.19. The molecule has 0 aliphatic rings. The predicted octanol–water partition coefficient (Wildman–Crippen LogP) is 2.34. The Kier molecular flexibility index (Phi) is 5.65. The van der Waals surface area contributed by atoms with Gasteiger partial charge < -0.3 is 15.0 Å². The lowest BCUT2D eigenvalue weighted by atomic mass is 10.1. The maximum Gasteiger partial charge on any atom is 0.387 e. The Hall–Kier alpha value is -1.70. The molecule has 0 unspecified atom stereocenters. The Balaban J connectivity index is 2.71. The molecule has 0 bridgehead atoms. The summed E-state index contributed by atoms with van der Waals surface area (Å²) in [5, 5.41) is 4.20. The molecule has 0 atom stereocenters. The van der Waals surface area contributed by atoms with Gasteiger partial charge in [0.2, 0.25) is 5.91 Å². The number of nitrogens with one attached hydrogen (secondary N) is 1. The molecule has 0 aliphatic carbocycles. The van der Waals surface area contributed by atoms with Crippen molar-refractivity contribution in [3.8, 4) is 5.75 Å². The zero-order valence-corrected chi connectivity index (χ0v) is 13.1. The van der Waals surface area contributed by atoms with Crippen molar-refractivity contribution in [2.45, 2.75) is 32.9 Å². The quantitative estimate of drug-likeness (QED) is 0.906. The van der Waals surface area contributed by atoms with Crippen molar-refractivity contribution < 1.29 is 23.1 Å². The first-order valence-corrected chi connectivity index (χ1v) is 7.07. The van der Waals surface area contributed by atoms with E-state index in [0.29, 0.717) is 0 Å². The van der Waals surface area contributed by atoms with Gasteiger partial charge in [-0.25, -0.2) is 0 Å². The van der Waals surface area contributed by atoms with Crippen LogP contribution in [0.3, 0.4) is 0 Å². The van der Waals surface area contributed by atoms with Gasteiger partial charge in [-0.15, -0.1) is 11.3 Å². The fourth-order valence-corrected chi connectivity index (χ4v) is 2.38. The number of alkyl halides is 2. The summed E-state index contributed by atoms with van der Waals surface area (Å²) in [4.78, 5) is 25.1. The first-order chi connectivity index (χ1) is 9.60. The summed E-state index contributed by atoms with van der Waals surface area (Å²) in [6.07, 6.45) is 0. The Labute approximate surface area is 125 Å². The lowest BCUT2D eigenvalue weighted by molar-refractivity contribution is -0.123. The van der Waals surface area contributed by atoms with E-state index >= 15 is 0 Å². The monoisotopic (exact) mass is 320 g/mol. The highest BCUT2D eigenvalue weighted by molar-refractivity contribution is 7.12. The predicted molar refractivity (Wildman–Crippen MR) is 75.8 cm³/mol. The van der Waals surface area contributed by atoms with Gasteiger partial charge in [0.05, 0.1) is 6.54 Å². The molecule has 1 heterocycles. The minimum atomic E-state index is -3.00. The van der Waals surface area contributed by atoms with Crippen molar-refractivity contribution in [1.29, 1.82) is 0 Å². The number of amides is 2. The van der Waals surface area contributed by atoms with E-state index in [9.17, 15) is 18.4 Å². The van der Waals surface area contributed by atoms with Crippen molar-refractivity contribution in [3.63, 3.8) is 0 Å². The van der Waals surface area contributed by atoms with Crippen LogP contribution in [-0.2, 0) is 4.79 Å². The van der Waals surface area contributed by atoms with Gasteiger partial charge in [-0.1, -0.05) is 0 Å². The third kappa shape index (κ3) is 5.66. The molecule has 0 spiro atoms. The number of hydrogen-bond donors (Lipinski definition) is 1. The molecular formula is C13H18F2N2O3S. The van der Waals surface area contributed by atoms with Gasteiger partial charge in [-0.2, -0.15) is 8.78 Å². The highest BCUT2D eigenvalue weighted by Gasteiger charge is 2.23. The molecule has 0 saturated heterocycles. The summed E-state index contributed by atoms with van der Waals surface area (Å²) in [7, 11) is 1.43. The highest BCUT2D eigenvalue weighted by Crippen LogP contribution is 2.27. The van der Waals surface area contributed by atoms with E-state index in [-0.39, 0.29) is 23.1 Å². The topological polar surface area (TPSA) is 58.6 Å². The Morgan fingerprint density at radius 1 is 1.43 bits per heavy atom. The fraction of sp³-hybridized carbons (Fsp3) is 0.538. The maximum absolute atomic E-state index is 12.2. The molecule has 1 aromatic rings. The van der Waals surface area contributed by atoms with E-state index in [1.165, 1.54) is 18.5 Å². The van der Waals surface area contributed by atoms with E-state index in [0.717, 1.165) is 16.2 Å². The number of carbonyl (C=O) groups excluding carboxylic acids is 2. The normalized spacial score (nSPS) is 11.4. The first kappa shape index (κ1) is 17.4. The van der Waals surface area contributed by atoms with Gasteiger partial charge in [0.15, 0.2) is 0 Å². The number of likely N-dealkylation sites (N-methyl/N-ethyl adjacent to an activating group) is 1. The summed E-state index contributed by atoms with van der Waals surface area (Å²) in [6.45, 7) is 2.30. The molecule has 1 N–H and O–H groups in total. The van der Waals surface area contributed by atoms with E-state index in [4.69, 9.17) is 0 Å². The minimum absolute atomic E-state index is 0.0429. The van der Waals surface area contributed by atoms with Crippen LogP contribution in [0.1, 0.15) is 30.4 Å². The summed E-state index contributed by atoms with van der Waals surface area (Å²) >= 11 is 0.987. The van der Waals surface area contributed by atoms with Crippen molar-refractivity contribution in [2.24, 2.45) is 0 Å². The van der Waals surface area contributed by atoms with Gasteiger partial charge in [0.1, 0.15) is 10.6 Å². The number of ether oxygens (including phenoxy) is 1. The van der Waals surface area contributed by atoms with Crippen LogP contribution in [0.5, 0.6) is 5.75 Å². The molecule has 0 radical (unpaired) electrons. The average Bonchev–Trinajstić information content (AvgIpc) is 2.72. The average molecular weight is 320 g/mol. The number of thiophene rings is 1. The van der Waals surface area contributed by atoms with Crippen LogP contribution in [0.2, 0.25) is 0 Å². The van der Waals surface area contributed by atoms with Crippen molar-refractivity contribution >= 4 is 23.2 Å². The van der Waals surface area contributed by atoms with E-state index in [1.54, 1.807) is 0 Å². The van der Waals surface area contributed by atoms with Gasteiger partial charge in [-0.05, 0) is 32.2 Å². The van der Waals surface area contributed by atoms with Gasteiger partial charge in [0, 0.05) is 12.6 Å². The number of rotatable bonds is 5. The molecule has 0 aliphatic heterocycles. The van der Waals surface area contributed by atoms with Crippen LogP contribution < -0.4 is 10.1 Å². The summed E-state index contributed by atoms with van der Waals surface area (Å²) in [5.41, 5.74) is -0.409. The number of nitrogens with zero attached hydrogens (tertiary/aromatic N) is 1. The molecule has 21 heavy (non-hydrogen) atoms. The molecule has 1 aromatic heterocycles. The Morgan fingerprint density at radius 2 is 2.05 bits per heavy atom. The molecule has 0 fully saturated rings. The summed E-state index contributed by atoms with van der Waals surface area (Å²) in [6, 6.07) is 1.30. The summed E-state index contributed by atoms with van der Waals surface area (Å²) < 4.78 is 28.7. The SMILES string of the molecule is CN(CC(=O)NC(C)(C)C)C(=O)c1sccc1OC(F)F. The molecule has 0 saturated carbocycles. The highest BCUT2D eigenvalue weighted by atomic mass is 32.1. The molecule has 5 nitrogen and oxygen atoms in total. The molecule has 118 valence electrons. The van der Waals surface area contributed by atoms with Crippen molar-refractivity contribution in [2.75, 3.05) is 13.6 Å². The fourth-order valence-electron chi connectivity index (χ4n) is 1.56. The van der Waals surface area contributed by atoms with Gasteiger partial charge in [-0.3, -0.25) is 9.59 Å². The van der Waals surface area contributed by atoms with Crippen LogP contribution in [0.15, 0.2) is 11.4 Å². The molecule has 0 aromatic carbocycles. The second-order valence-electron chi connectivity index (χ2n) is 5.45.